The van der Waals surface area contributed by atoms with Gasteiger partial charge in [0.15, 0.2) is 23.3 Å². The van der Waals surface area contributed by atoms with Gasteiger partial charge in [-0.25, -0.2) is 29.9 Å². The topological polar surface area (TPSA) is 109 Å². The van der Waals surface area contributed by atoms with Crippen molar-refractivity contribution in [1.82, 2.24) is 39.9 Å². The molecule has 578 valence electrons. The lowest BCUT2D eigenvalue weighted by molar-refractivity contribution is 0.763. The van der Waals surface area contributed by atoms with E-state index < -0.39 is 0 Å². The molecule has 0 radical (unpaired) electrons. The van der Waals surface area contributed by atoms with Crippen molar-refractivity contribution in [3.8, 4) is 45.6 Å². The summed E-state index contributed by atoms with van der Waals surface area (Å²) in [5, 5.41) is 4.81. The number of aryl methyl sites for hydroxylation is 4. The molecule has 0 spiro atoms. The van der Waals surface area contributed by atoms with Crippen molar-refractivity contribution < 1.29 is 0 Å². The number of fused-ring (bicyclic) bond motifs is 28. The number of H-pyrrole nitrogens is 2. The van der Waals surface area contributed by atoms with Crippen molar-refractivity contribution in [1.29, 1.82) is 0 Å². The minimum Gasteiger partial charge on any atom is -0.324 e. The van der Waals surface area contributed by atoms with Crippen LogP contribution in [0.4, 0.5) is 0 Å². The Morgan fingerprint density at radius 1 is 0.223 bits per heavy atom. The standard InChI is InChI=1S/C96H106N8S8/c1-9-17-41-65-73-74(66(42-18-10-2)82-81(65)105-49-57-33-25-26-34-58(57)50-106-82)90-97-89(73)101-91-75-67(43-19-11-3)83-84(108-52-60-36-28-27-35-59(60)51-107-83)68(44-20-12-4)76(75)93(98-91)103-95-79-71(47-23-15-7)87-88(112-56-64-40-32-31-39-63(64)55-111-87)72(48-24-16-8)80(79)96(100-95)104-94-78-70(46-22-14-6)86-85(69(45-21-13-5)77(78)92(99-94)102-90)109-53-61-37-29-30-38-62(61)54-110-86/h25-40H,9-24,41-56H2,1-8H3,(H2,97,98,99,100,101,102,103,104). The Morgan fingerprint density at radius 2 is 0.384 bits per heavy atom. The Hall–Kier alpha value is -6.08. The summed E-state index contributed by atoms with van der Waals surface area (Å²) in [6.07, 6.45) is 24.3. The average molecular weight is 1630 g/mol. The molecule has 9 heterocycles. The van der Waals surface area contributed by atoms with Crippen LogP contribution in [0.3, 0.4) is 0 Å². The highest BCUT2D eigenvalue weighted by atomic mass is 32.2. The molecule has 16 heteroatoms. The van der Waals surface area contributed by atoms with E-state index in [4.69, 9.17) is 29.9 Å². The van der Waals surface area contributed by atoms with Crippen molar-refractivity contribution in [2.24, 2.45) is 0 Å². The first kappa shape index (κ1) is 78.4. The van der Waals surface area contributed by atoms with Gasteiger partial charge in [-0.15, -0.1) is 94.1 Å². The van der Waals surface area contributed by atoms with Gasteiger partial charge in [0.25, 0.3) is 0 Å². The monoisotopic (exact) mass is 1630 g/mol. The predicted molar refractivity (Wildman–Crippen MR) is 487 cm³/mol. The van der Waals surface area contributed by atoms with E-state index in [0.29, 0.717) is 0 Å². The smallest absolute Gasteiger partial charge is 0.165 e. The van der Waals surface area contributed by atoms with Crippen LogP contribution in [-0.2, 0) is 97.4 Å². The van der Waals surface area contributed by atoms with Crippen LogP contribution >= 0.6 is 94.1 Å². The Labute approximate surface area is 698 Å². The quantitative estimate of drug-likeness (QED) is 0.0599. The second kappa shape index (κ2) is 35.8. The Balaban J connectivity index is 1.10. The second-order valence-corrected chi connectivity index (χ2v) is 39.2. The molecule has 8 nitrogen and oxygen atoms in total. The van der Waals surface area contributed by atoms with Crippen molar-refractivity contribution in [2.45, 2.75) is 295 Å². The number of aromatic nitrogens is 8. The molecule has 6 aliphatic heterocycles. The zero-order valence-electron chi connectivity index (χ0n) is 66.8. The van der Waals surface area contributed by atoms with Crippen LogP contribution in [0.15, 0.2) is 136 Å². The number of nitrogens with one attached hydrogen (secondary N) is 2. The largest absolute Gasteiger partial charge is 0.324 e. The van der Waals surface area contributed by atoms with Gasteiger partial charge in [-0.3, -0.25) is 0 Å². The number of hydrogen-bond acceptors (Lipinski definition) is 14. The van der Waals surface area contributed by atoms with Crippen molar-refractivity contribution in [3.05, 3.63) is 186 Å². The van der Waals surface area contributed by atoms with E-state index in [2.05, 4.69) is 257 Å². The van der Waals surface area contributed by atoms with Gasteiger partial charge in [-0.05, 0) is 192 Å². The first-order chi connectivity index (χ1) is 55.3. The molecule has 3 aromatic heterocycles. The van der Waals surface area contributed by atoms with E-state index in [9.17, 15) is 0 Å². The summed E-state index contributed by atoms with van der Waals surface area (Å²) in [5.41, 5.74) is 30.6. The number of unbranched alkanes of at least 4 members (excludes halogenated alkanes) is 8. The summed E-state index contributed by atoms with van der Waals surface area (Å²) in [7, 11) is 0. The lowest BCUT2D eigenvalue weighted by Crippen LogP contribution is -2.06. The van der Waals surface area contributed by atoms with E-state index in [1.54, 1.807) is 0 Å². The molecule has 2 N–H and O–H groups in total. The number of hydrogen-bond donors (Lipinski definition) is 2. The summed E-state index contributed by atoms with van der Waals surface area (Å²) in [4.78, 5) is 58.1. The van der Waals surface area contributed by atoms with Gasteiger partial charge in [0.2, 0.25) is 0 Å². The first-order valence-corrected chi connectivity index (χ1v) is 50.1. The summed E-state index contributed by atoms with van der Waals surface area (Å²) in [5.74, 6) is 10.3. The molecule has 0 saturated carbocycles. The number of benzene rings is 8. The molecule has 17 rings (SSSR count). The molecule has 0 aliphatic carbocycles. The van der Waals surface area contributed by atoms with Gasteiger partial charge in [0.1, 0.15) is 22.6 Å². The minimum absolute atomic E-state index is 0.761. The molecule has 11 aromatic rings. The van der Waals surface area contributed by atoms with E-state index in [1.807, 2.05) is 0 Å². The fourth-order valence-electron chi connectivity index (χ4n) is 17.7. The molecule has 8 aromatic carbocycles. The molecule has 112 heavy (non-hydrogen) atoms. The zero-order valence-corrected chi connectivity index (χ0v) is 73.3. The molecular formula is C96H106N8S8. The van der Waals surface area contributed by atoms with E-state index in [1.165, 1.54) is 172 Å². The maximum absolute atomic E-state index is 6.41. The lowest BCUT2D eigenvalue weighted by Gasteiger charge is -2.25. The molecule has 0 atom stereocenters. The van der Waals surface area contributed by atoms with Crippen LogP contribution in [0.1, 0.15) is 247 Å². The fourth-order valence-corrected chi connectivity index (χ4v) is 28.9. The van der Waals surface area contributed by atoms with Crippen LogP contribution < -0.4 is 0 Å². The van der Waals surface area contributed by atoms with Gasteiger partial charge in [-0.2, -0.15) is 0 Å². The van der Waals surface area contributed by atoms with Gasteiger partial charge in [-0.1, -0.05) is 204 Å². The van der Waals surface area contributed by atoms with E-state index >= 15 is 0 Å². The minimum atomic E-state index is 0.761. The van der Waals surface area contributed by atoms with Crippen molar-refractivity contribution in [2.75, 3.05) is 0 Å². The van der Waals surface area contributed by atoms with Gasteiger partial charge >= 0.3 is 0 Å². The first-order valence-electron chi connectivity index (χ1n) is 42.2. The fraction of sp³-hybridized carbons (Fsp3) is 0.417. The summed E-state index contributed by atoms with van der Waals surface area (Å²) >= 11 is 16.5. The van der Waals surface area contributed by atoms with Crippen LogP contribution in [0.2, 0.25) is 0 Å². The second-order valence-electron chi connectivity index (χ2n) is 31.3. The van der Waals surface area contributed by atoms with Gasteiger partial charge in [0, 0.05) is 129 Å². The summed E-state index contributed by atoms with van der Waals surface area (Å²) in [6, 6.07) is 36.9. The number of aromatic amines is 2. The number of rotatable bonds is 24. The highest BCUT2D eigenvalue weighted by molar-refractivity contribution is 8.03. The molecule has 0 amide bonds. The SMILES string of the molecule is CCCCc1c2c(c(CCCC)c3c1-c1nc-3nc3[nH]c(nc4nc(nc5[nH]c(n1)c1c(CCCC)c6c(c(CCCC)c51)SCc1ccccc1CS6)-c1c(CCCC)c5c(c(CCCC)c1-4)SCc1ccccc1CS5)c1c(CCCC)c4c(c(CCCC)c31)SCc1ccccc1CS4)SCc1ccccc1CS2. The Bertz CT molecular complexity index is 4930. The summed E-state index contributed by atoms with van der Waals surface area (Å²) in [6.45, 7) is 18.9. The Kier molecular flexibility index (Phi) is 25.1. The van der Waals surface area contributed by atoms with Gasteiger partial charge < -0.3 is 9.97 Å². The molecule has 0 fully saturated rings. The van der Waals surface area contributed by atoms with Crippen LogP contribution in [0, 0.1) is 0 Å². The number of nitrogens with zero attached hydrogens (tertiary/aromatic N) is 6. The van der Waals surface area contributed by atoms with Crippen molar-refractivity contribution >= 4 is 138 Å². The third-order valence-electron chi connectivity index (χ3n) is 23.7. The normalized spacial score (nSPS) is 14.4. The molecule has 8 bridgehead atoms. The highest BCUT2D eigenvalue weighted by Gasteiger charge is 2.38. The highest BCUT2D eigenvalue weighted by Crippen LogP contribution is 2.58. The molecular weight excluding hydrogens is 1520 g/mol. The third kappa shape index (κ3) is 15.1. The van der Waals surface area contributed by atoms with Crippen molar-refractivity contribution in [3.63, 3.8) is 0 Å². The predicted octanol–water partition coefficient (Wildman–Crippen LogP) is 29.2. The van der Waals surface area contributed by atoms with E-state index in [-0.39, 0.29) is 0 Å². The van der Waals surface area contributed by atoms with Crippen LogP contribution in [-0.4, -0.2) is 39.9 Å². The van der Waals surface area contributed by atoms with Crippen LogP contribution in [0.25, 0.3) is 89.7 Å². The van der Waals surface area contributed by atoms with Gasteiger partial charge in [0.05, 0.1) is 0 Å². The molecule has 6 aliphatic rings. The maximum atomic E-state index is 6.41. The molecule has 0 saturated heterocycles. The maximum Gasteiger partial charge on any atom is 0.165 e. The lowest BCUT2D eigenvalue weighted by atomic mass is 9.91. The summed E-state index contributed by atoms with van der Waals surface area (Å²) < 4.78 is 0. The Morgan fingerprint density at radius 3 is 0.554 bits per heavy atom. The third-order valence-corrected chi connectivity index (χ3v) is 33.8. The zero-order chi connectivity index (χ0) is 76.3. The average Bonchev–Trinajstić information content (AvgIpc) is 1.56. The van der Waals surface area contributed by atoms with E-state index in [0.717, 1.165) is 246 Å². The van der Waals surface area contributed by atoms with Crippen LogP contribution in [0.5, 0.6) is 0 Å². The number of thioether (sulfide) groups is 8. The molecule has 0 unspecified atom stereocenters.